The molecule has 1 aliphatic carbocycles. The first-order chi connectivity index (χ1) is 11.4. The topological polar surface area (TPSA) is 85.1 Å². The van der Waals surface area contributed by atoms with Crippen LogP contribution in [0.5, 0.6) is 0 Å². The molecule has 0 radical (unpaired) electrons. The Morgan fingerprint density at radius 2 is 2.21 bits per heavy atom. The van der Waals surface area contributed by atoms with Gasteiger partial charge < -0.3 is 11.1 Å². The molecule has 1 aliphatic rings. The zero-order valence-corrected chi connectivity index (χ0v) is 15.4. The van der Waals surface area contributed by atoms with Gasteiger partial charge in [-0.3, -0.25) is 9.59 Å². The highest BCUT2D eigenvalue weighted by atomic mass is 35.5. The molecule has 0 bridgehead atoms. The van der Waals surface area contributed by atoms with Crippen LogP contribution in [-0.2, 0) is 15.0 Å². The summed E-state index contributed by atoms with van der Waals surface area (Å²) in [5, 5.41) is 4.07. The second-order valence-corrected chi connectivity index (χ2v) is 8.37. The number of rotatable bonds is 6. The summed E-state index contributed by atoms with van der Waals surface area (Å²) < 4.78 is 0.886. The molecule has 0 aliphatic heterocycles. The van der Waals surface area contributed by atoms with Gasteiger partial charge in [0, 0.05) is 5.02 Å². The number of hydrogen-bond acceptors (Lipinski definition) is 5. The van der Waals surface area contributed by atoms with Gasteiger partial charge in [-0.1, -0.05) is 35.1 Å². The average molecular weight is 382 g/mol. The first kappa shape index (κ1) is 17.3. The van der Waals surface area contributed by atoms with Crippen LogP contribution in [0.3, 0.4) is 0 Å². The lowest BCUT2D eigenvalue weighted by Crippen LogP contribution is -2.27. The van der Waals surface area contributed by atoms with E-state index in [1.165, 1.54) is 23.1 Å². The molecule has 0 spiro atoms. The third-order valence-electron chi connectivity index (χ3n) is 3.88. The highest BCUT2D eigenvalue weighted by Crippen LogP contribution is 2.49. The third-order valence-corrected chi connectivity index (χ3v) is 6.57. The summed E-state index contributed by atoms with van der Waals surface area (Å²) in [6.45, 7) is 1.85. The van der Waals surface area contributed by atoms with Crippen LogP contribution in [0.25, 0.3) is 0 Å². The quantitative estimate of drug-likeness (QED) is 0.751. The van der Waals surface area contributed by atoms with Gasteiger partial charge in [0.2, 0.25) is 11.8 Å². The summed E-state index contributed by atoms with van der Waals surface area (Å²) in [5.41, 5.74) is 6.38. The van der Waals surface area contributed by atoms with E-state index < -0.39 is 5.41 Å². The fraction of sp³-hybridized carbons (Fsp3) is 0.312. The highest BCUT2D eigenvalue weighted by molar-refractivity contribution is 8.01. The smallest absolute Gasteiger partial charge is 0.236 e. The maximum Gasteiger partial charge on any atom is 0.236 e. The molecule has 0 unspecified atom stereocenters. The zero-order valence-electron chi connectivity index (χ0n) is 13.0. The van der Waals surface area contributed by atoms with E-state index in [1.807, 2.05) is 25.1 Å². The number of nitrogens with two attached hydrogens (primary N) is 1. The van der Waals surface area contributed by atoms with Crippen LogP contribution >= 0.6 is 34.7 Å². The van der Waals surface area contributed by atoms with Gasteiger partial charge in [0.05, 0.1) is 21.1 Å². The van der Waals surface area contributed by atoms with E-state index in [2.05, 4.69) is 10.3 Å². The van der Waals surface area contributed by atoms with Gasteiger partial charge in [-0.25, -0.2) is 4.98 Å². The van der Waals surface area contributed by atoms with E-state index >= 15 is 0 Å². The van der Waals surface area contributed by atoms with Crippen LogP contribution in [-0.4, -0.2) is 22.6 Å². The summed E-state index contributed by atoms with van der Waals surface area (Å²) in [4.78, 5) is 28.0. The zero-order chi connectivity index (χ0) is 17.3. The Bertz CT molecular complexity index is 802. The number of anilines is 1. The molecule has 3 N–H and O–H groups in total. The van der Waals surface area contributed by atoms with E-state index in [-0.39, 0.29) is 17.6 Å². The molecule has 2 amide bonds. The number of primary amides is 1. The Kier molecular flexibility index (Phi) is 4.85. The molecule has 126 valence electrons. The molecule has 0 atom stereocenters. The molecule has 1 aromatic heterocycles. The fourth-order valence-corrected chi connectivity index (χ4v) is 4.54. The monoisotopic (exact) mass is 381 g/mol. The van der Waals surface area contributed by atoms with Gasteiger partial charge in [0.25, 0.3) is 0 Å². The van der Waals surface area contributed by atoms with Gasteiger partial charge >= 0.3 is 0 Å². The van der Waals surface area contributed by atoms with Gasteiger partial charge in [-0.2, -0.15) is 0 Å². The summed E-state index contributed by atoms with van der Waals surface area (Å²) >= 11 is 8.74. The minimum atomic E-state index is -0.509. The first-order valence-electron chi connectivity index (χ1n) is 7.37. The average Bonchev–Trinajstić information content (AvgIpc) is 3.26. The van der Waals surface area contributed by atoms with Crippen molar-refractivity contribution >= 4 is 51.6 Å². The number of carbonyl (C=O) groups excluding carboxylic acids is 2. The molecule has 1 heterocycles. The van der Waals surface area contributed by atoms with E-state index in [9.17, 15) is 9.59 Å². The molecule has 0 saturated heterocycles. The standard InChI is InChI=1S/C16H16ClN3O2S2/c1-9-13(23-8-12(18)21)24-15(19-9)20-14(22)16(5-6-16)10-3-2-4-11(17)7-10/h2-4,7H,5-6,8H2,1H3,(H2,18,21)(H,19,20,22). The van der Waals surface area contributed by atoms with Crippen LogP contribution in [0, 0.1) is 6.92 Å². The Labute approximate surface area is 153 Å². The van der Waals surface area contributed by atoms with Gasteiger partial charge in [0.1, 0.15) is 0 Å². The Balaban J connectivity index is 1.73. The van der Waals surface area contributed by atoms with Crippen molar-refractivity contribution in [2.45, 2.75) is 29.4 Å². The second-order valence-electron chi connectivity index (χ2n) is 5.69. The Morgan fingerprint density at radius 1 is 1.46 bits per heavy atom. The number of aromatic nitrogens is 1. The van der Waals surface area contributed by atoms with Crippen molar-refractivity contribution < 1.29 is 9.59 Å². The van der Waals surface area contributed by atoms with E-state index in [1.54, 1.807) is 6.07 Å². The maximum absolute atomic E-state index is 12.7. The van der Waals surface area contributed by atoms with Crippen molar-refractivity contribution in [1.29, 1.82) is 0 Å². The number of carbonyl (C=O) groups is 2. The predicted molar refractivity (Wildman–Crippen MR) is 97.8 cm³/mol. The van der Waals surface area contributed by atoms with Crippen LogP contribution in [0.4, 0.5) is 5.13 Å². The predicted octanol–water partition coefficient (Wildman–Crippen LogP) is 3.35. The van der Waals surface area contributed by atoms with E-state index in [0.29, 0.717) is 10.2 Å². The number of thiazole rings is 1. The lowest BCUT2D eigenvalue weighted by molar-refractivity contribution is -0.118. The molecule has 1 fully saturated rings. The number of thioether (sulfide) groups is 1. The second kappa shape index (κ2) is 6.74. The molecular weight excluding hydrogens is 366 g/mol. The van der Waals surface area contributed by atoms with E-state index in [0.717, 1.165) is 28.3 Å². The number of benzene rings is 1. The fourth-order valence-electron chi connectivity index (χ4n) is 2.48. The number of halogens is 1. The number of nitrogens with zero attached hydrogens (tertiary/aromatic N) is 1. The number of aryl methyl sites for hydroxylation is 1. The highest BCUT2D eigenvalue weighted by Gasteiger charge is 2.51. The van der Waals surface area contributed by atoms with Gasteiger partial charge in [-0.05, 0) is 37.5 Å². The molecule has 2 aromatic rings. The molecule has 1 saturated carbocycles. The lowest BCUT2D eigenvalue weighted by Gasteiger charge is -2.14. The van der Waals surface area contributed by atoms with Crippen molar-refractivity contribution in [1.82, 2.24) is 4.98 Å². The Morgan fingerprint density at radius 3 is 2.83 bits per heavy atom. The lowest BCUT2D eigenvalue weighted by atomic mass is 9.95. The summed E-state index contributed by atoms with van der Waals surface area (Å²) in [6.07, 6.45) is 1.60. The summed E-state index contributed by atoms with van der Waals surface area (Å²) in [7, 11) is 0. The molecule has 5 nitrogen and oxygen atoms in total. The van der Waals surface area contributed by atoms with Crippen LogP contribution in [0.2, 0.25) is 5.02 Å². The molecule has 3 rings (SSSR count). The van der Waals surface area contributed by atoms with Gasteiger partial charge in [-0.15, -0.1) is 11.8 Å². The van der Waals surface area contributed by atoms with Crippen molar-refractivity contribution in [2.75, 3.05) is 11.1 Å². The van der Waals surface area contributed by atoms with Gasteiger partial charge in [0.15, 0.2) is 5.13 Å². The molecule has 1 aromatic carbocycles. The maximum atomic E-state index is 12.7. The van der Waals surface area contributed by atoms with Crippen molar-refractivity contribution in [2.24, 2.45) is 5.73 Å². The summed E-state index contributed by atoms with van der Waals surface area (Å²) in [6, 6.07) is 7.43. The third kappa shape index (κ3) is 3.58. The van der Waals surface area contributed by atoms with Crippen LogP contribution < -0.4 is 11.1 Å². The molecular formula is C16H16ClN3O2S2. The van der Waals surface area contributed by atoms with Crippen molar-refractivity contribution in [3.05, 3.63) is 40.5 Å². The largest absolute Gasteiger partial charge is 0.369 e. The minimum Gasteiger partial charge on any atom is -0.369 e. The van der Waals surface area contributed by atoms with E-state index in [4.69, 9.17) is 17.3 Å². The van der Waals surface area contributed by atoms with Crippen molar-refractivity contribution in [3.63, 3.8) is 0 Å². The van der Waals surface area contributed by atoms with Crippen molar-refractivity contribution in [3.8, 4) is 0 Å². The SMILES string of the molecule is Cc1nc(NC(=O)C2(c3cccc(Cl)c3)CC2)sc1SCC(N)=O. The summed E-state index contributed by atoms with van der Waals surface area (Å²) in [5.74, 6) is -0.246. The van der Waals surface area contributed by atoms with Crippen LogP contribution in [0.15, 0.2) is 28.5 Å². The Hall–Kier alpha value is -1.57. The normalized spacial score (nSPS) is 15.1. The van der Waals surface area contributed by atoms with Crippen LogP contribution in [0.1, 0.15) is 24.1 Å². The molecule has 24 heavy (non-hydrogen) atoms. The first-order valence-corrected chi connectivity index (χ1v) is 9.55. The number of amides is 2. The number of hydrogen-bond donors (Lipinski definition) is 2. The minimum absolute atomic E-state index is 0.0648. The molecule has 8 heteroatoms. The number of nitrogens with one attached hydrogen (secondary N) is 1.